The average molecular weight is 457 g/mol. The second-order valence-electron chi connectivity index (χ2n) is 7.64. The summed E-state index contributed by atoms with van der Waals surface area (Å²) in [6.45, 7) is 3.99. The maximum atomic E-state index is 12.7. The number of pyridine rings is 2. The summed E-state index contributed by atoms with van der Waals surface area (Å²) in [4.78, 5) is 32.8. The molecule has 0 aliphatic carbocycles. The third-order valence-corrected chi connectivity index (χ3v) is 5.35. The molecular formula is C26H24N4O4. The topological polar surface area (TPSA) is 106 Å². The van der Waals surface area contributed by atoms with Crippen LogP contribution in [-0.4, -0.2) is 31.4 Å². The number of carbonyl (C=O) groups is 2. The molecule has 0 atom stereocenters. The van der Waals surface area contributed by atoms with E-state index in [4.69, 9.17) is 4.74 Å². The summed E-state index contributed by atoms with van der Waals surface area (Å²) in [6, 6.07) is 16.1. The third kappa shape index (κ3) is 5.12. The van der Waals surface area contributed by atoms with Crippen LogP contribution in [0.25, 0.3) is 11.7 Å². The van der Waals surface area contributed by atoms with Crippen LogP contribution < -0.4 is 10.1 Å². The summed E-state index contributed by atoms with van der Waals surface area (Å²) in [5, 5.41) is 12.2. The summed E-state index contributed by atoms with van der Waals surface area (Å²) in [5.74, 6) is -0.571. The Labute approximate surface area is 196 Å². The van der Waals surface area contributed by atoms with Crippen molar-refractivity contribution in [3.63, 3.8) is 0 Å². The zero-order valence-electron chi connectivity index (χ0n) is 18.9. The minimum atomic E-state index is -0.958. The van der Waals surface area contributed by atoms with E-state index in [0.29, 0.717) is 41.4 Å². The second kappa shape index (κ2) is 9.99. The minimum Gasteiger partial charge on any atom is -0.487 e. The lowest BCUT2D eigenvalue weighted by Gasteiger charge is -2.08. The van der Waals surface area contributed by atoms with E-state index in [0.717, 1.165) is 11.4 Å². The highest BCUT2D eigenvalue weighted by Gasteiger charge is 2.12. The van der Waals surface area contributed by atoms with Crippen LogP contribution in [0.15, 0.2) is 72.6 Å². The van der Waals surface area contributed by atoms with Gasteiger partial charge in [-0.05, 0) is 68.0 Å². The first-order valence-electron chi connectivity index (χ1n) is 10.8. The summed E-state index contributed by atoms with van der Waals surface area (Å²) >= 11 is 0. The zero-order valence-corrected chi connectivity index (χ0v) is 18.9. The van der Waals surface area contributed by atoms with Gasteiger partial charge >= 0.3 is 5.97 Å². The van der Waals surface area contributed by atoms with E-state index >= 15 is 0 Å². The number of hydrogen-bond acceptors (Lipinski definition) is 5. The Morgan fingerprint density at radius 2 is 1.91 bits per heavy atom. The number of aryl methyl sites for hydroxylation is 1. The van der Waals surface area contributed by atoms with E-state index in [2.05, 4.69) is 15.3 Å². The van der Waals surface area contributed by atoms with Crippen molar-refractivity contribution in [1.82, 2.24) is 14.4 Å². The van der Waals surface area contributed by atoms with Crippen molar-refractivity contribution in [2.45, 2.75) is 26.9 Å². The van der Waals surface area contributed by atoms with Crippen LogP contribution >= 0.6 is 0 Å². The summed E-state index contributed by atoms with van der Waals surface area (Å²) < 4.78 is 7.54. The first kappa shape index (κ1) is 22.7. The van der Waals surface area contributed by atoms with Crippen molar-refractivity contribution in [1.29, 1.82) is 0 Å². The fourth-order valence-corrected chi connectivity index (χ4v) is 3.42. The van der Waals surface area contributed by atoms with Gasteiger partial charge in [0, 0.05) is 29.2 Å². The number of nitrogens with zero attached hydrogens (tertiary/aromatic N) is 3. The van der Waals surface area contributed by atoms with Gasteiger partial charge in [-0.2, -0.15) is 0 Å². The number of fused-ring (bicyclic) bond motifs is 1. The summed E-state index contributed by atoms with van der Waals surface area (Å²) in [7, 11) is 0. The molecule has 0 spiro atoms. The number of carboxylic acid groups (broad SMARTS) is 1. The second-order valence-corrected chi connectivity index (χ2v) is 7.64. The molecular weight excluding hydrogens is 432 g/mol. The van der Waals surface area contributed by atoms with Crippen molar-refractivity contribution in [2.24, 2.45) is 0 Å². The van der Waals surface area contributed by atoms with Crippen LogP contribution in [0.5, 0.6) is 5.75 Å². The Balaban J connectivity index is 1.46. The summed E-state index contributed by atoms with van der Waals surface area (Å²) in [6.07, 6.45) is 5.46. The molecule has 0 bridgehead atoms. The van der Waals surface area contributed by atoms with Crippen LogP contribution in [0.2, 0.25) is 0 Å². The molecule has 0 aliphatic rings. The van der Waals surface area contributed by atoms with Gasteiger partial charge in [-0.25, -0.2) is 9.78 Å². The quantitative estimate of drug-likeness (QED) is 0.371. The molecule has 0 unspecified atom stereocenters. The first-order chi connectivity index (χ1) is 16.4. The minimum absolute atomic E-state index is 0.257. The largest absolute Gasteiger partial charge is 0.487 e. The van der Waals surface area contributed by atoms with E-state index in [-0.39, 0.29) is 11.5 Å². The Morgan fingerprint density at radius 3 is 2.59 bits per heavy atom. The number of aromatic nitrogens is 3. The number of anilines is 1. The molecule has 8 nitrogen and oxygen atoms in total. The lowest BCUT2D eigenvalue weighted by atomic mass is 10.1. The van der Waals surface area contributed by atoms with Gasteiger partial charge in [-0.1, -0.05) is 13.0 Å². The van der Waals surface area contributed by atoms with Gasteiger partial charge in [0.05, 0.1) is 17.1 Å². The molecule has 4 aromatic rings. The van der Waals surface area contributed by atoms with Gasteiger partial charge in [0.15, 0.2) is 0 Å². The molecule has 3 heterocycles. The molecule has 0 aliphatic heterocycles. The maximum Gasteiger partial charge on any atom is 0.331 e. The van der Waals surface area contributed by atoms with Gasteiger partial charge in [0.1, 0.15) is 18.0 Å². The molecule has 172 valence electrons. The number of carbonyl (C=O) groups excluding carboxylic acids is 1. The molecule has 1 aromatic carbocycles. The Bertz CT molecular complexity index is 1360. The molecule has 0 fully saturated rings. The molecule has 0 radical (unpaired) electrons. The van der Waals surface area contributed by atoms with Gasteiger partial charge in [0.25, 0.3) is 5.91 Å². The van der Waals surface area contributed by atoms with E-state index < -0.39 is 5.97 Å². The predicted molar refractivity (Wildman–Crippen MR) is 129 cm³/mol. The lowest BCUT2D eigenvalue weighted by molar-refractivity contribution is -0.132. The maximum absolute atomic E-state index is 12.7. The van der Waals surface area contributed by atoms with Crippen molar-refractivity contribution in [3.8, 4) is 5.75 Å². The highest BCUT2D eigenvalue weighted by Crippen LogP contribution is 2.20. The molecule has 4 rings (SSSR count). The number of rotatable bonds is 8. The SMILES string of the molecule is CC/C(=C\c1nc2ccc(NC(=O)c3ccc(OCc4ccccn4)cc3)cn2c1C)C(=O)O. The van der Waals surface area contributed by atoms with Crippen molar-refractivity contribution in [3.05, 3.63) is 95.2 Å². The normalized spacial score (nSPS) is 11.4. The van der Waals surface area contributed by atoms with Gasteiger partial charge < -0.3 is 19.6 Å². The van der Waals surface area contributed by atoms with Crippen molar-refractivity contribution < 1.29 is 19.4 Å². The Morgan fingerprint density at radius 1 is 1.12 bits per heavy atom. The number of hydrogen-bond donors (Lipinski definition) is 2. The monoisotopic (exact) mass is 456 g/mol. The number of nitrogens with one attached hydrogen (secondary N) is 1. The van der Waals surface area contributed by atoms with Crippen LogP contribution in [0.3, 0.4) is 0 Å². The fourth-order valence-electron chi connectivity index (χ4n) is 3.42. The van der Waals surface area contributed by atoms with Gasteiger partial charge in [-0.3, -0.25) is 9.78 Å². The highest BCUT2D eigenvalue weighted by molar-refractivity contribution is 6.04. The number of aliphatic carboxylic acids is 1. The average Bonchev–Trinajstić information content (AvgIpc) is 3.16. The Kier molecular flexibility index (Phi) is 6.68. The number of ether oxygens (including phenoxy) is 1. The lowest BCUT2D eigenvalue weighted by Crippen LogP contribution is -2.12. The molecule has 1 amide bonds. The number of amides is 1. The third-order valence-electron chi connectivity index (χ3n) is 5.35. The first-order valence-corrected chi connectivity index (χ1v) is 10.8. The standard InChI is InChI=1S/C26H24N4O4/c1-3-18(26(32)33)14-23-17(2)30-15-20(9-12-24(30)29-23)28-25(31)19-7-10-22(11-8-19)34-16-21-6-4-5-13-27-21/h4-15H,3,16H2,1-2H3,(H,28,31)(H,32,33)/b18-14+. The van der Waals surface area contributed by atoms with Crippen molar-refractivity contribution in [2.75, 3.05) is 5.32 Å². The van der Waals surface area contributed by atoms with Gasteiger partial charge in [0.2, 0.25) is 0 Å². The van der Waals surface area contributed by atoms with E-state index in [9.17, 15) is 14.7 Å². The van der Waals surface area contributed by atoms with Crippen LogP contribution in [0.1, 0.15) is 40.8 Å². The fraction of sp³-hybridized carbons (Fsp3) is 0.154. The van der Waals surface area contributed by atoms with E-state index in [1.807, 2.05) is 29.5 Å². The van der Waals surface area contributed by atoms with Crippen molar-refractivity contribution >= 4 is 29.3 Å². The van der Waals surface area contributed by atoms with Crippen LogP contribution in [0, 0.1) is 6.92 Å². The van der Waals surface area contributed by atoms with Crippen LogP contribution in [-0.2, 0) is 11.4 Å². The molecule has 2 N–H and O–H groups in total. The number of benzene rings is 1. The number of carboxylic acids is 1. The predicted octanol–water partition coefficient (Wildman–Crippen LogP) is 4.75. The van der Waals surface area contributed by atoms with E-state index in [1.54, 1.807) is 61.8 Å². The highest BCUT2D eigenvalue weighted by atomic mass is 16.5. The Hall–Kier alpha value is -4.46. The smallest absolute Gasteiger partial charge is 0.331 e. The molecule has 8 heteroatoms. The van der Waals surface area contributed by atoms with Gasteiger partial charge in [-0.15, -0.1) is 0 Å². The zero-order chi connectivity index (χ0) is 24.1. The molecule has 0 saturated heterocycles. The molecule has 34 heavy (non-hydrogen) atoms. The molecule has 0 saturated carbocycles. The molecule has 3 aromatic heterocycles. The summed E-state index contributed by atoms with van der Waals surface area (Å²) in [5.41, 5.74) is 4.23. The number of imidazole rings is 1. The van der Waals surface area contributed by atoms with Crippen LogP contribution in [0.4, 0.5) is 5.69 Å². The van der Waals surface area contributed by atoms with E-state index in [1.165, 1.54) is 0 Å².